The molecule has 0 aliphatic rings. The Kier molecular flexibility index (Phi) is 10.3. The van der Waals surface area contributed by atoms with E-state index in [4.69, 9.17) is 4.74 Å². The number of nitrogens with zero attached hydrogens (tertiary/aromatic N) is 2. The first-order chi connectivity index (χ1) is 12.0. The Morgan fingerprint density at radius 2 is 1.77 bits per heavy atom. The fourth-order valence-corrected chi connectivity index (χ4v) is 2.50. The number of aryl methyl sites for hydroxylation is 1. The number of aromatic nitrogens is 2. The van der Waals surface area contributed by atoms with Crippen LogP contribution in [0.2, 0.25) is 0 Å². The number of ether oxygens (including phenoxy) is 1. The van der Waals surface area contributed by atoms with Crippen LogP contribution in [0.1, 0.15) is 58.2 Å². The van der Waals surface area contributed by atoms with Crippen molar-refractivity contribution in [1.29, 1.82) is 0 Å². The van der Waals surface area contributed by atoms with Crippen LogP contribution >= 0.6 is 0 Å². The summed E-state index contributed by atoms with van der Waals surface area (Å²) in [5.74, 6) is -2.33. The lowest BCUT2D eigenvalue weighted by Crippen LogP contribution is -2.17. The van der Waals surface area contributed by atoms with Crippen molar-refractivity contribution in [2.75, 3.05) is 7.11 Å². The van der Waals surface area contributed by atoms with Crippen LogP contribution in [0.25, 0.3) is 11.3 Å². The number of carbonyl (C=O) groups excluding carboxylic acids is 1. The van der Waals surface area contributed by atoms with Gasteiger partial charge >= 0.3 is 5.97 Å². The molecule has 4 nitrogen and oxygen atoms in total. The van der Waals surface area contributed by atoms with Crippen LogP contribution in [-0.2, 0) is 9.53 Å². The molecule has 1 aromatic carbocycles. The number of halogens is 2. The zero-order valence-electron chi connectivity index (χ0n) is 15.3. The quantitative estimate of drug-likeness (QED) is 0.660. The number of carbonyl (C=O) groups is 1. The summed E-state index contributed by atoms with van der Waals surface area (Å²) >= 11 is 0. The number of hydrogen-bond donors (Lipinski definition) is 0. The van der Waals surface area contributed by atoms with Crippen molar-refractivity contribution in [3.8, 4) is 11.3 Å². The second kappa shape index (κ2) is 11.3. The lowest BCUT2D eigenvalue weighted by atomic mass is 9.95. The summed E-state index contributed by atoms with van der Waals surface area (Å²) in [6, 6.07) is 5.15. The van der Waals surface area contributed by atoms with E-state index < -0.39 is 23.5 Å². The van der Waals surface area contributed by atoms with Gasteiger partial charge in [0.15, 0.2) is 0 Å². The Hall–Kier alpha value is -2.37. The van der Waals surface area contributed by atoms with Crippen molar-refractivity contribution in [3.63, 3.8) is 0 Å². The molecule has 2 rings (SSSR count). The topological polar surface area (TPSA) is 52.1 Å². The Balaban J connectivity index is 0.00000201. The van der Waals surface area contributed by atoms with E-state index in [1.807, 2.05) is 20.8 Å². The van der Waals surface area contributed by atoms with Gasteiger partial charge in [-0.1, -0.05) is 40.7 Å². The first kappa shape index (κ1) is 23.6. The van der Waals surface area contributed by atoms with E-state index in [9.17, 15) is 13.6 Å². The summed E-state index contributed by atoms with van der Waals surface area (Å²) in [5, 5.41) is 7.95. The minimum Gasteiger partial charge on any atom is -0.469 e. The van der Waals surface area contributed by atoms with Gasteiger partial charge in [-0.05, 0) is 37.1 Å². The van der Waals surface area contributed by atoms with Crippen LogP contribution < -0.4 is 0 Å². The van der Waals surface area contributed by atoms with Gasteiger partial charge in [-0.15, -0.1) is 5.10 Å². The summed E-state index contributed by atoms with van der Waals surface area (Å²) in [6.07, 6.45) is 1.33. The summed E-state index contributed by atoms with van der Waals surface area (Å²) < 4.78 is 32.5. The van der Waals surface area contributed by atoms with Gasteiger partial charge in [0, 0.05) is 0 Å². The molecule has 144 valence electrons. The smallest absolute Gasteiger partial charge is 0.314 e. The van der Waals surface area contributed by atoms with Crippen molar-refractivity contribution in [2.45, 2.75) is 53.9 Å². The minimum atomic E-state index is -0.704. The maximum Gasteiger partial charge on any atom is 0.314 e. The molecule has 0 radical (unpaired) electrons. The molecule has 1 atom stereocenters. The highest BCUT2D eigenvalue weighted by Gasteiger charge is 2.25. The zero-order valence-corrected chi connectivity index (χ0v) is 15.3. The fraction of sp³-hybridized carbons (Fsp3) is 0.450. The van der Waals surface area contributed by atoms with Crippen LogP contribution in [0.5, 0.6) is 0 Å². The summed E-state index contributed by atoms with van der Waals surface area (Å²) in [7, 11) is 1.32. The molecule has 0 aliphatic carbocycles. The number of benzene rings is 1. The molecule has 1 heterocycles. The average molecular weight is 366 g/mol. The molecular weight excluding hydrogens is 338 g/mol. The van der Waals surface area contributed by atoms with Gasteiger partial charge in [0.1, 0.15) is 17.6 Å². The van der Waals surface area contributed by atoms with Crippen molar-refractivity contribution < 1.29 is 18.3 Å². The fourth-order valence-electron chi connectivity index (χ4n) is 2.50. The molecule has 0 saturated carbocycles. The lowest BCUT2D eigenvalue weighted by molar-refractivity contribution is -0.142. The summed E-state index contributed by atoms with van der Waals surface area (Å²) in [6.45, 7) is 7.68. The Labute approximate surface area is 154 Å². The molecule has 0 fully saturated rings. The van der Waals surface area contributed by atoms with Crippen LogP contribution in [-0.4, -0.2) is 23.3 Å². The Morgan fingerprint density at radius 3 is 2.23 bits per heavy atom. The van der Waals surface area contributed by atoms with Crippen molar-refractivity contribution >= 4 is 5.97 Å². The van der Waals surface area contributed by atoms with E-state index in [-0.39, 0.29) is 18.7 Å². The van der Waals surface area contributed by atoms with Crippen molar-refractivity contribution in [3.05, 3.63) is 47.2 Å². The maximum atomic E-state index is 13.8. The number of methoxy groups -OCH3 is 1. The minimum absolute atomic E-state index is 0. The molecule has 2 aromatic rings. The number of hydrogen-bond acceptors (Lipinski definition) is 4. The molecule has 0 aliphatic heterocycles. The van der Waals surface area contributed by atoms with Gasteiger partial charge in [-0.25, -0.2) is 8.78 Å². The first-order valence-corrected chi connectivity index (χ1v) is 8.36. The van der Waals surface area contributed by atoms with Gasteiger partial charge < -0.3 is 4.74 Å². The highest BCUT2D eigenvalue weighted by molar-refractivity contribution is 5.78. The lowest BCUT2D eigenvalue weighted by Gasteiger charge is -2.15. The highest BCUT2D eigenvalue weighted by Crippen LogP contribution is 2.28. The van der Waals surface area contributed by atoms with Gasteiger partial charge in [-0.2, -0.15) is 5.10 Å². The van der Waals surface area contributed by atoms with Crippen molar-refractivity contribution in [2.24, 2.45) is 0 Å². The molecule has 0 saturated heterocycles. The maximum absolute atomic E-state index is 13.8. The molecule has 1 unspecified atom stereocenters. The highest BCUT2D eigenvalue weighted by atomic mass is 19.1. The third-order valence-corrected chi connectivity index (χ3v) is 3.63. The SMILES string of the molecule is C.CC.CCCC(C(=O)OC)c1nnc(-c2c(F)cccc2F)cc1C. The van der Waals surface area contributed by atoms with Gasteiger partial charge in [0.25, 0.3) is 0 Å². The van der Waals surface area contributed by atoms with E-state index in [2.05, 4.69) is 10.2 Å². The second-order valence-corrected chi connectivity index (χ2v) is 5.26. The van der Waals surface area contributed by atoms with Gasteiger partial charge in [0.2, 0.25) is 0 Å². The molecule has 6 heteroatoms. The Morgan fingerprint density at radius 1 is 1.19 bits per heavy atom. The standard InChI is InChI=1S/C17H18F2N2O2.C2H6.CH4/c1-4-6-11(17(22)23-3)16-10(2)9-14(20-21-16)15-12(18)7-5-8-13(15)19;1-2;/h5,7-9,11H,4,6H2,1-3H3;1-2H3;1H4. The molecule has 0 spiro atoms. The number of rotatable bonds is 5. The normalized spacial score (nSPS) is 10.9. The Bertz CT molecular complexity index is 701. The average Bonchev–Trinajstić information content (AvgIpc) is 2.61. The molecule has 1 aromatic heterocycles. The first-order valence-electron chi connectivity index (χ1n) is 8.36. The number of esters is 1. The van der Waals surface area contributed by atoms with Crippen LogP contribution in [0.4, 0.5) is 8.78 Å². The molecular formula is C20H28F2N2O2. The van der Waals surface area contributed by atoms with E-state index in [0.717, 1.165) is 18.6 Å². The van der Waals surface area contributed by atoms with E-state index in [1.54, 1.807) is 6.92 Å². The molecule has 26 heavy (non-hydrogen) atoms. The summed E-state index contributed by atoms with van der Waals surface area (Å²) in [5.41, 5.74) is 0.988. The molecule has 0 bridgehead atoms. The zero-order chi connectivity index (χ0) is 19.0. The van der Waals surface area contributed by atoms with Crippen LogP contribution in [0, 0.1) is 18.6 Å². The third-order valence-electron chi connectivity index (χ3n) is 3.63. The van der Waals surface area contributed by atoms with Gasteiger partial charge in [-0.3, -0.25) is 4.79 Å². The molecule has 0 amide bonds. The van der Waals surface area contributed by atoms with Crippen LogP contribution in [0.3, 0.4) is 0 Å². The van der Waals surface area contributed by atoms with Crippen LogP contribution in [0.15, 0.2) is 24.3 Å². The van der Waals surface area contributed by atoms with Gasteiger partial charge in [0.05, 0.1) is 24.1 Å². The van der Waals surface area contributed by atoms with E-state index >= 15 is 0 Å². The monoisotopic (exact) mass is 366 g/mol. The van der Waals surface area contributed by atoms with Crippen molar-refractivity contribution in [1.82, 2.24) is 10.2 Å². The molecule has 0 N–H and O–H groups in total. The third kappa shape index (κ3) is 5.31. The largest absolute Gasteiger partial charge is 0.469 e. The predicted molar refractivity (Wildman–Crippen MR) is 99.9 cm³/mol. The second-order valence-electron chi connectivity index (χ2n) is 5.26. The van der Waals surface area contributed by atoms with E-state index in [1.165, 1.54) is 19.2 Å². The predicted octanol–water partition coefficient (Wildman–Crippen LogP) is 5.45. The van der Waals surface area contributed by atoms with E-state index in [0.29, 0.717) is 17.7 Å². The summed E-state index contributed by atoms with van der Waals surface area (Å²) in [4.78, 5) is 11.9.